The van der Waals surface area contributed by atoms with Gasteiger partial charge < -0.3 is 5.73 Å². The number of rotatable bonds is 8. The third-order valence-corrected chi connectivity index (χ3v) is 4.52. The minimum Gasteiger partial charge on any atom is -0.392 e. The predicted molar refractivity (Wildman–Crippen MR) is 66.0 cm³/mol. The van der Waals surface area contributed by atoms with Crippen LogP contribution in [0.2, 0.25) is 0 Å². The van der Waals surface area contributed by atoms with E-state index in [0.717, 1.165) is 0 Å². The van der Waals surface area contributed by atoms with Crippen LogP contribution in [0.3, 0.4) is 0 Å². The number of hydrogen-bond acceptors (Lipinski definition) is 5. The van der Waals surface area contributed by atoms with Crippen LogP contribution in [0.4, 0.5) is 0 Å². The van der Waals surface area contributed by atoms with Crippen LogP contribution in [0, 0.1) is 0 Å². The van der Waals surface area contributed by atoms with Gasteiger partial charge in [0, 0.05) is 13.1 Å². The number of nitrogens with two attached hydrogens (primary N) is 1. The maximum absolute atomic E-state index is 11.2. The van der Waals surface area contributed by atoms with E-state index in [9.17, 15) is 16.8 Å². The van der Waals surface area contributed by atoms with Crippen LogP contribution in [0.25, 0.3) is 0 Å². The molecule has 0 aliphatic heterocycles. The average Bonchev–Trinajstić information content (AvgIpc) is 1.99. The minimum atomic E-state index is -3.63. The van der Waals surface area contributed by atoms with E-state index in [1.165, 1.54) is 0 Å². The molecule has 0 aromatic heterocycles. The normalized spacial score (nSPS) is 12.6. The molecule has 16 heavy (non-hydrogen) atoms. The van der Waals surface area contributed by atoms with Gasteiger partial charge in [0.2, 0.25) is 20.0 Å². The van der Waals surface area contributed by atoms with Crippen LogP contribution < -0.4 is 15.2 Å². The number of nitrogens with one attached hydrogen (secondary N) is 2. The Hall–Kier alpha value is -0.290. The van der Waals surface area contributed by atoms with E-state index in [-0.39, 0.29) is 23.8 Å². The molecule has 0 saturated heterocycles. The molecular formula is C6H15N3O4S3. The largest absolute Gasteiger partial charge is 0.392 e. The molecule has 0 bridgehead atoms. The molecule has 0 heterocycles. The summed E-state index contributed by atoms with van der Waals surface area (Å²) in [4.78, 5) is -0.165. The van der Waals surface area contributed by atoms with Crippen molar-refractivity contribution in [2.75, 3.05) is 24.6 Å². The van der Waals surface area contributed by atoms with Gasteiger partial charge in [-0.05, 0) is 0 Å². The Morgan fingerprint density at radius 3 is 2.19 bits per heavy atom. The molecule has 0 atom stereocenters. The highest BCUT2D eigenvalue weighted by Crippen LogP contribution is 1.87. The summed E-state index contributed by atoms with van der Waals surface area (Å²) in [5, 5.41) is 0. The molecule has 96 valence electrons. The Balaban J connectivity index is 4.13. The van der Waals surface area contributed by atoms with Gasteiger partial charge in [0.1, 0.15) is 5.75 Å². The summed E-state index contributed by atoms with van der Waals surface area (Å²) in [5.41, 5.74) is 5.07. The van der Waals surface area contributed by atoms with Crippen molar-refractivity contribution < 1.29 is 16.8 Å². The van der Waals surface area contributed by atoms with Crippen molar-refractivity contribution >= 4 is 37.3 Å². The lowest BCUT2D eigenvalue weighted by Crippen LogP contribution is -2.37. The number of sulfonamides is 2. The zero-order valence-electron chi connectivity index (χ0n) is 8.76. The van der Waals surface area contributed by atoms with Crippen molar-refractivity contribution in [3.05, 3.63) is 0 Å². The summed E-state index contributed by atoms with van der Waals surface area (Å²) < 4.78 is 49.0. The van der Waals surface area contributed by atoms with Gasteiger partial charge in [-0.3, -0.25) is 0 Å². The van der Waals surface area contributed by atoms with Crippen molar-refractivity contribution in [1.82, 2.24) is 9.44 Å². The molecule has 0 rings (SSSR count). The van der Waals surface area contributed by atoms with Crippen LogP contribution in [-0.4, -0.2) is 46.4 Å². The highest BCUT2D eigenvalue weighted by atomic mass is 32.2. The Bertz CT molecular complexity index is 428. The lowest BCUT2D eigenvalue weighted by molar-refractivity contribution is 0.578. The number of hydrogen-bond donors (Lipinski definition) is 3. The first-order valence-electron chi connectivity index (χ1n) is 4.41. The van der Waals surface area contributed by atoms with Gasteiger partial charge >= 0.3 is 0 Å². The summed E-state index contributed by atoms with van der Waals surface area (Å²) in [5.74, 6) is -0.805. The molecule has 0 radical (unpaired) electrons. The zero-order valence-corrected chi connectivity index (χ0v) is 11.2. The Morgan fingerprint density at radius 1 is 1.19 bits per heavy atom. The van der Waals surface area contributed by atoms with Gasteiger partial charge in [0.15, 0.2) is 0 Å². The fourth-order valence-corrected chi connectivity index (χ4v) is 3.30. The second kappa shape index (κ2) is 6.45. The summed E-state index contributed by atoms with van der Waals surface area (Å²) in [6.45, 7) is 1.69. The van der Waals surface area contributed by atoms with Crippen LogP contribution in [0.1, 0.15) is 6.92 Å². The third-order valence-electron chi connectivity index (χ3n) is 1.39. The first kappa shape index (κ1) is 15.7. The topological polar surface area (TPSA) is 118 Å². The molecule has 10 heteroatoms. The predicted octanol–water partition coefficient (Wildman–Crippen LogP) is -1.87. The van der Waals surface area contributed by atoms with Crippen molar-refractivity contribution in [3.8, 4) is 0 Å². The maximum atomic E-state index is 11.2. The fourth-order valence-electron chi connectivity index (χ4n) is 0.862. The van der Waals surface area contributed by atoms with E-state index in [1.807, 2.05) is 0 Å². The lowest BCUT2D eigenvalue weighted by atomic mass is 10.8. The molecule has 4 N–H and O–H groups in total. The number of thiocarbonyl (C=S) groups is 1. The van der Waals surface area contributed by atoms with E-state index in [2.05, 4.69) is 21.7 Å². The zero-order chi connectivity index (χ0) is 12.8. The van der Waals surface area contributed by atoms with E-state index in [4.69, 9.17) is 5.73 Å². The first-order valence-corrected chi connectivity index (χ1v) is 8.13. The van der Waals surface area contributed by atoms with Crippen molar-refractivity contribution in [2.24, 2.45) is 5.73 Å². The molecule has 0 aliphatic rings. The van der Waals surface area contributed by atoms with E-state index >= 15 is 0 Å². The van der Waals surface area contributed by atoms with Crippen molar-refractivity contribution in [2.45, 2.75) is 6.92 Å². The second-order valence-electron chi connectivity index (χ2n) is 2.94. The Kier molecular flexibility index (Phi) is 6.33. The molecule has 0 aromatic carbocycles. The average molecular weight is 289 g/mol. The van der Waals surface area contributed by atoms with Gasteiger partial charge in [-0.2, -0.15) is 0 Å². The highest BCUT2D eigenvalue weighted by Gasteiger charge is 2.14. The summed E-state index contributed by atoms with van der Waals surface area (Å²) in [6.07, 6.45) is 0. The van der Waals surface area contributed by atoms with E-state index in [0.29, 0.717) is 0 Å². The van der Waals surface area contributed by atoms with Crippen LogP contribution in [0.5, 0.6) is 0 Å². The van der Waals surface area contributed by atoms with Crippen LogP contribution in [0.15, 0.2) is 0 Å². The van der Waals surface area contributed by atoms with Gasteiger partial charge in [0.25, 0.3) is 0 Å². The van der Waals surface area contributed by atoms with Crippen molar-refractivity contribution in [3.63, 3.8) is 0 Å². The standard InChI is InChI=1S/C6H15N3O4S3/c1-2-8-15(10,11)4-3-9-16(12,13)5-6(7)14/h8-9H,2-5H2,1H3,(H2,7,14). The SMILES string of the molecule is CCNS(=O)(=O)CCNS(=O)(=O)CC(N)=S. The fraction of sp³-hybridized carbons (Fsp3) is 0.833. The summed E-state index contributed by atoms with van der Waals surface area (Å²) in [6, 6.07) is 0. The van der Waals surface area contributed by atoms with Crippen LogP contribution in [-0.2, 0) is 20.0 Å². The molecular weight excluding hydrogens is 274 g/mol. The van der Waals surface area contributed by atoms with Gasteiger partial charge in [0.05, 0.1) is 10.7 Å². The van der Waals surface area contributed by atoms with Gasteiger partial charge in [-0.1, -0.05) is 19.1 Å². The van der Waals surface area contributed by atoms with Crippen LogP contribution >= 0.6 is 12.2 Å². The Labute approximate surface area is 101 Å². The van der Waals surface area contributed by atoms with E-state index in [1.54, 1.807) is 6.92 Å². The molecule has 0 spiro atoms. The van der Waals surface area contributed by atoms with Gasteiger partial charge in [-0.25, -0.2) is 26.3 Å². The Morgan fingerprint density at radius 2 is 1.75 bits per heavy atom. The molecule has 0 fully saturated rings. The third kappa shape index (κ3) is 7.93. The molecule has 7 nitrogen and oxygen atoms in total. The maximum Gasteiger partial charge on any atom is 0.218 e. The summed E-state index contributed by atoms with van der Waals surface area (Å²) >= 11 is 4.44. The van der Waals surface area contributed by atoms with E-state index < -0.39 is 25.8 Å². The van der Waals surface area contributed by atoms with Gasteiger partial charge in [-0.15, -0.1) is 0 Å². The smallest absolute Gasteiger partial charge is 0.218 e. The first-order chi connectivity index (χ1) is 7.18. The highest BCUT2D eigenvalue weighted by molar-refractivity contribution is 7.92. The molecule has 0 aromatic rings. The quantitative estimate of drug-likeness (QED) is 0.451. The molecule has 0 aliphatic carbocycles. The molecule has 0 saturated carbocycles. The minimum absolute atomic E-state index is 0.165. The van der Waals surface area contributed by atoms with Crippen molar-refractivity contribution in [1.29, 1.82) is 0 Å². The molecule has 0 amide bonds. The monoisotopic (exact) mass is 289 g/mol. The second-order valence-corrected chi connectivity index (χ2v) is 7.19. The summed E-state index contributed by atoms with van der Waals surface area (Å²) in [7, 11) is -7.05. The lowest BCUT2D eigenvalue weighted by Gasteiger charge is -2.06. The molecule has 0 unspecified atom stereocenters.